The molecule has 11 heteroatoms. The molecule has 1 atom stereocenters. The van der Waals surface area contributed by atoms with Crippen molar-refractivity contribution in [2.75, 3.05) is 12.0 Å². The molecule has 1 aliphatic rings. The summed E-state index contributed by atoms with van der Waals surface area (Å²) >= 11 is 0. The highest BCUT2D eigenvalue weighted by Crippen LogP contribution is 2.49. The highest BCUT2D eigenvalue weighted by molar-refractivity contribution is 6.23. The van der Waals surface area contributed by atoms with Gasteiger partial charge in [0.15, 0.2) is 5.54 Å². The van der Waals surface area contributed by atoms with E-state index in [1.807, 2.05) is 0 Å². The van der Waals surface area contributed by atoms with Crippen molar-refractivity contribution >= 4 is 29.9 Å². The standard InChI is InChI=1S/C30H39N3O8/c1-27(2,3)39-24(35)31-33(26(37)41-29(7,8)9)30(19-15-17-20(38-10)18-16-19)21-13-11-12-14-22(21)32(23(30)34)25(36)40-28(4,5)6/h11-18H,1-10H3,(H,31,35)/t30-/m1/s1. The van der Waals surface area contributed by atoms with Crippen LogP contribution in [-0.4, -0.2) is 53.1 Å². The summed E-state index contributed by atoms with van der Waals surface area (Å²) in [6, 6.07) is 12.8. The second kappa shape index (κ2) is 10.9. The Labute approximate surface area is 240 Å². The minimum absolute atomic E-state index is 0.169. The van der Waals surface area contributed by atoms with E-state index in [9.17, 15) is 19.2 Å². The number of benzene rings is 2. The van der Waals surface area contributed by atoms with Gasteiger partial charge in [0.25, 0.3) is 5.91 Å². The number of fused-ring (bicyclic) bond motifs is 1. The van der Waals surface area contributed by atoms with Crippen molar-refractivity contribution in [2.24, 2.45) is 0 Å². The molecule has 2 aromatic rings. The molecule has 0 unspecified atom stereocenters. The number of rotatable bonds is 3. The summed E-state index contributed by atoms with van der Waals surface area (Å²) in [5, 5.41) is 0.777. The third kappa shape index (κ3) is 6.72. The molecule has 11 nitrogen and oxygen atoms in total. The molecule has 0 spiro atoms. The Morgan fingerprint density at radius 1 is 0.780 bits per heavy atom. The van der Waals surface area contributed by atoms with Gasteiger partial charge in [0.05, 0.1) is 12.8 Å². The van der Waals surface area contributed by atoms with E-state index in [1.54, 1.807) is 111 Å². The van der Waals surface area contributed by atoms with Crippen molar-refractivity contribution in [1.82, 2.24) is 10.4 Å². The maximum atomic E-state index is 14.7. The maximum absolute atomic E-state index is 14.7. The first-order chi connectivity index (χ1) is 18.8. The molecule has 1 N–H and O–H groups in total. The van der Waals surface area contributed by atoms with Crippen LogP contribution < -0.4 is 15.1 Å². The lowest BCUT2D eigenvalue weighted by molar-refractivity contribution is -0.129. The molecule has 4 amide bonds. The predicted molar refractivity (Wildman–Crippen MR) is 151 cm³/mol. The second-order valence-electron chi connectivity index (χ2n) is 12.5. The molecule has 2 aromatic carbocycles. The van der Waals surface area contributed by atoms with Gasteiger partial charge in [0.1, 0.15) is 22.6 Å². The quantitative estimate of drug-likeness (QED) is 0.358. The fourth-order valence-corrected chi connectivity index (χ4v) is 4.27. The van der Waals surface area contributed by atoms with Crippen molar-refractivity contribution in [2.45, 2.75) is 84.7 Å². The number of carbonyl (C=O) groups is 4. The number of ether oxygens (including phenoxy) is 4. The van der Waals surface area contributed by atoms with Crippen molar-refractivity contribution in [3.63, 3.8) is 0 Å². The molecule has 1 heterocycles. The van der Waals surface area contributed by atoms with Gasteiger partial charge in [-0.05, 0) is 86.1 Å². The molecular weight excluding hydrogens is 530 g/mol. The molecule has 0 bridgehead atoms. The highest BCUT2D eigenvalue weighted by Gasteiger charge is 2.61. The van der Waals surface area contributed by atoms with Crippen LogP contribution >= 0.6 is 0 Å². The molecule has 0 saturated carbocycles. The summed E-state index contributed by atoms with van der Waals surface area (Å²) in [6.45, 7) is 14.9. The molecule has 0 aliphatic carbocycles. The van der Waals surface area contributed by atoms with E-state index in [1.165, 1.54) is 7.11 Å². The number of hydrogen-bond donors (Lipinski definition) is 1. The number of hydrogen-bond acceptors (Lipinski definition) is 8. The van der Waals surface area contributed by atoms with E-state index < -0.39 is 46.5 Å². The van der Waals surface area contributed by atoms with E-state index in [2.05, 4.69) is 5.43 Å². The SMILES string of the molecule is COc1ccc([C@]2(N(NC(=O)OC(C)(C)C)C(=O)OC(C)(C)C)C(=O)N(C(=O)OC(C)(C)C)c3ccccc32)cc1. The number of anilines is 1. The van der Waals surface area contributed by atoms with Crippen LogP contribution in [0.3, 0.4) is 0 Å². The number of nitrogens with zero attached hydrogens (tertiary/aromatic N) is 2. The Morgan fingerprint density at radius 2 is 1.32 bits per heavy atom. The van der Waals surface area contributed by atoms with Crippen LogP contribution in [0.2, 0.25) is 0 Å². The van der Waals surface area contributed by atoms with Gasteiger partial charge >= 0.3 is 18.3 Å². The minimum Gasteiger partial charge on any atom is -0.497 e. The zero-order valence-corrected chi connectivity index (χ0v) is 25.3. The summed E-state index contributed by atoms with van der Waals surface area (Å²) in [4.78, 5) is 56.2. The highest BCUT2D eigenvalue weighted by atomic mass is 16.6. The number of hydrazine groups is 1. The summed E-state index contributed by atoms with van der Waals surface area (Å²) < 4.78 is 22.0. The topological polar surface area (TPSA) is 124 Å². The van der Waals surface area contributed by atoms with Crippen molar-refractivity contribution in [3.05, 3.63) is 59.7 Å². The summed E-state index contributed by atoms with van der Waals surface area (Å²) in [5.41, 5.74) is -1.91. The van der Waals surface area contributed by atoms with Gasteiger partial charge in [-0.3, -0.25) is 4.79 Å². The summed E-state index contributed by atoms with van der Waals surface area (Å²) in [5.74, 6) is -0.393. The molecule has 222 valence electrons. The Kier molecular flexibility index (Phi) is 8.34. The maximum Gasteiger partial charge on any atom is 0.431 e. The number of methoxy groups -OCH3 is 1. The van der Waals surface area contributed by atoms with Crippen molar-refractivity contribution < 1.29 is 38.1 Å². The normalized spacial score (nSPS) is 16.9. The van der Waals surface area contributed by atoms with Gasteiger partial charge < -0.3 is 18.9 Å². The first-order valence-corrected chi connectivity index (χ1v) is 13.1. The Morgan fingerprint density at radius 3 is 1.83 bits per heavy atom. The van der Waals surface area contributed by atoms with Gasteiger partial charge in [-0.2, -0.15) is 5.01 Å². The lowest BCUT2D eigenvalue weighted by Gasteiger charge is -2.40. The van der Waals surface area contributed by atoms with Crippen LogP contribution in [0.15, 0.2) is 48.5 Å². The van der Waals surface area contributed by atoms with Crippen LogP contribution in [0, 0.1) is 0 Å². The van der Waals surface area contributed by atoms with Crippen LogP contribution in [0.1, 0.15) is 73.4 Å². The average molecular weight is 570 g/mol. The number of amides is 4. The van der Waals surface area contributed by atoms with Crippen LogP contribution in [0.5, 0.6) is 5.75 Å². The number of para-hydroxylation sites is 1. The molecule has 0 fully saturated rings. The molecule has 0 aromatic heterocycles. The molecule has 3 rings (SSSR count). The molecule has 0 saturated heterocycles. The van der Waals surface area contributed by atoms with E-state index in [0.717, 1.165) is 9.91 Å². The van der Waals surface area contributed by atoms with E-state index in [0.29, 0.717) is 5.75 Å². The van der Waals surface area contributed by atoms with Gasteiger partial charge in [0, 0.05) is 5.56 Å². The number of carbonyl (C=O) groups excluding carboxylic acids is 4. The Bertz CT molecular complexity index is 1320. The van der Waals surface area contributed by atoms with E-state index in [4.69, 9.17) is 18.9 Å². The fraction of sp³-hybridized carbons (Fsp3) is 0.467. The van der Waals surface area contributed by atoms with Crippen molar-refractivity contribution in [3.8, 4) is 5.75 Å². The van der Waals surface area contributed by atoms with Gasteiger partial charge in [-0.15, -0.1) is 0 Å². The van der Waals surface area contributed by atoms with Gasteiger partial charge in [-0.1, -0.05) is 30.3 Å². The van der Waals surface area contributed by atoms with E-state index >= 15 is 0 Å². The summed E-state index contributed by atoms with van der Waals surface area (Å²) in [6.07, 6.45) is -3.03. The number of imide groups is 1. The first-order valence-electron chi connectivity index (χ1n) is 13.1. The summed E-state index contributed by atoms with van der Waals surface area (Å²) in [7, 11) is 1.49. The zero-order valence-electron chi connectivity index (χ0n) is 25.3. The number of nitrogens with one attached hydrogen (secondary N) is 1. The zero-order chi connectivity index (χ0) is 31.0. The van der Waals surface area contributed by atoms with Crippen LogP contribution in [-0.2, 0) is 24.5 Å². The van der Waals surface area contributed by atoms with Crippen molar-refractivity contribution in [1.29, 1.82) is 0 Å². The Balaban J connectivity index is 2.37. The third-order valence-corrected chi connectivity index (χ3v) is 5.64. The van der Waals surface area contributed by atoms with Crippen LogP contribution in [0.4, 0.5) is 20.1 Å². The van der Waals surface area contributed by atoms with E-state index in [-0.39, 0.29) is 16.8 Å². The van der Waals surface area contributed by atoms with Gasteiger partial charge in [0.2, 0.25) is 0 Å². The molecule has 0 radical (unpaired) electrons. The third-order valence-electron chi connectivity index (χ3n) is 5.64. The lowest BCUT2D eigenvalue weighted by Crippen LogP contribution is -2.64. The minimum atomic E-state index is -2.11. The average Bonchev–Trinajstić information content (AvgIpc) is 3.08. The van der Waals surface area contributed by atoms with Crippen LogP contribution in [0.25, 0.3) is 0 Å². The lowest BCUT2D eigenvalue weighted by atomic mass is 9.83. The largest absolute Gasteiger partial charge is 0.497 e. The smallest absolute Gasteiger partial charge is 0.431 e. The Hall–Kier alpha value is -4.28. The molecule has 41 heavy (non-hydrogen) atoms. The second-order valence-corrected chi connectivity index (χ2v) is 12.5. The molecular formula is C30H39N3O8. The fourth-order valence-electron chi connectivity index (χ4n) is 4.27. The van der Waals surface area contributed by atoms with Gasteiger partial charge in [-0.25, -0.2) is 24.7 Å². The predicted octanol–water partition coefficient (Wildman–Crippen LogP) is 5.90. The monoisotopic (exact) mass is 569 g/mol. The molecule has 1 aliphatic heterocycles. The first kappa shape index (κ1) is 31.3.